The van der Waals surface area contributed by atoms with Crippen molar-refractivity contribution in [1.29, 1.82) is 0 Å². The largest absolute Gasteiger partial charge is 0.267 e. The monoisotopic (exact) mass is 335 g/mol. The van der Waals surface area contributed by atoms with Gasteiger partial charge in [-0.3, -0.25) is 4.40 Å². The van der Waals surface area contributed by atoms with Crippen LogP contribution in [0.25, 0.3) is 11.3 Å². The minimum Gasteiger partial charge on any atom is -0.267 e. The van der Waals surface area contributed by atoms with Gasteiger partial charge in [-0.2, -0.15) is 9.78 Å². The highest BCUT2D eigenvalue weighted by molar-refractivity contribution is 8.03. The van der Waals surface area contributed by atoms with Gasteiger partial charge in [-0.05, 0) is 42.4 Å². The predicted octanol–water partition coefficient (Wildman–Crippen LogP) is 3.09. The molecule has 5 nitrogen and oxygen atoms in total. The van der Waals surface area contributed by atoms with Crippen LogP contribution in [0.15, 0.2) is 64.3 Å². The summed E-state index contributed by atoms with van der Waals surface area (Å²) < 4.78 is 3.85. The predicted molar refractivity (Wildman–Crippen MR) is 97.4 cm³/mol. The van der Waals surface area contributed by atoms with Gasteiger partial charge < -0.3 is 0 Å². The van der Waals surface area contributed by atoms with Crippen molar-refractivity contribution in [1.82, 2.24) is 14.2 Å². The standard InChI is InChI=1S/C18H17N5S/c1-2-6-13(7-3-1)23-18(22-10-5-4-8-16(22)21-23)20-19-12-15-14-9-11-24-17(14)15/h2,4-12,14-15,17H,1,3H2/b19-12+,20-18-. The summed E-state index contributed by atoms with van der Waals surface area (Å²) in [6, 6.07) is 5.96. The normalized spacial score (nSPS) is 28.8. The van der Waals surface area contributed by atoms with E-state index in [1.165, 1.54) is 0 Å². The summed E-state index contributed by atoms with van der Waals surface area (Å²) in [7, 11) is 0. The fraction of sp³-hybridized carbons (Fsp3) is 0.278. The second-order valence-electron chi connectivity index (χ2n) is 6.20. The number of aromatic nitrogens is 3. The molecular formula is C18H17N5S. The third kappa shape index (κ3) is 2.29. The highest BCUT2D eigenvalue weighted by Crippen LogP contribution is 2.53. The summed E-state index contributed by atoms with van der Waals surface area (Å²) in [5, 5.41) is 16.4. The van der Waals surface area contributed by atoms with Crippen LogP contribution < -0.4 is 5.62 Å². The Hall–Kier alpha value is -2.34. The lowest BCUT2D eigenvalue weighted by atomic mass is 10.1. The molecule has 2 aromatic rings. The molecule has 0 amide bonds. The first kappa shape index (κ1) is 14.0. The topological polar surface area (TPSA) is 47.0 Å². The van der Waals surface area contributed by atoms with Crippen molar-refractivity contribution in [2.75, 3.05) is 0 Å². The van der Waals surface area contributed by atoms with Gasteiger partial charge in [0.25, 0.3) is 5.62 Å². The number of thioether (sulfide) groups is 1. The Morgan fingerprint density at radius 2 is 2.29 bits per heavy atom. The molecule has 0 bridgehead atoms. The van der Waals surface area contributed by atoms with Gasteiger partial charge in [-0.15, -0.1) is 22.0 Å². The molecule has 5 rings (SSSR count). The molecule has 0 radical (unpaired) electrons. The number of fused-ring (bicyclic) bond motifs is 2. The third-order valence-electron chi connectivity index (χ3n) is 4.65. The molecule has 3 atom stereocenters. The first-order valence-electron chi connectivity index (χ1n) is 8.25. The van der Waals surface area contributed by atoms with E-state index in [1.54, 1.807) is 0 Å². The first-order chi connectivity index (χ1) is 11.9. The van der Waals surface area contributed by atoms with Gasteiger partial charge in [0.15, 0.2) is 5.65 Å². The maximum Gasteiger partial charge on any atom is 0.256 e. The molecule has 6 heteroatoms. The zero-order chi connectivity index (χ0) is 15.9. The molecule has 1 fully saturated rings. The molecule has 24 heavy (non-hydrogen) atoms. The van der Waals surface area contributed by atoms with Crippen molar-refractivity contribution in [3.05, 3.63) is 59.7 Å². The number of rotatable bonds is 3. The molecule has 3 aliphatic rings. The molecule has 2 aliphatic carbocycles. The van der Waals surface area contributed by atoms with E-state index in [2.05, 4.69) is 45.0 Å². The molecule has 2 aromatic heterocycles. The van der Waals surface area contributed by atoms with Crippen LogP contribution in [-0.2, 0) is 0 Å². The second kappa shape index (κ2) is 5.63. The van der Waals surface area contributed by atoms with E-state index in [0.29, 0.717) is 17.1 Å². The summed E-state index contributed by atoms with van der Waals surface area (Å²) in [5.41, 5.74) is 2.66. The van der Waals surface area contributed by atoms with E-state index >= 15 is 0 Å². The average Bonchev–Trinajstić information content (AvgIpc) is 3.00. The lowest BCUT2D eigenvalue weighted by Gasteiger charge is -2.05. The Morgan fingerprint density at radius 3 is 3.12 bits per heavy atom. The SMILES string of the molecule is C1=CC(n2nc3ccccn3/c2=N/N=C/C2C3C=CSC32)=CCC1. The zero-order valence-corrected chi connectivity index (χ0v) is 13.9. The number of allylic oxidation sites excluding steroid dienone is 5. The molecule has 120 valence electrons. The maximum absolute atomic E-state index is 4.68. The quantitative estimate of drug-likeness (QED) is 0.639. The molecule has 0 saturated heterocycles. The van der Waals surface area contributed by atoms with E-state index in [1.807, 2.05) is 51.5 Å². The minimum absolute atomic E-state index is 0.533. The van der Waals surface area contributed by atoms with E-state index in [0.717, 1.165) is 29.8 Å². The van der Waals surface area contributed by atoms with Crippen LogP contribution in [0.3, 0.4) is 0 Å². The van der Waals surface area contributed by atoms with Gasteiger partial charge in [0.1, 0.15) is 0 Å². The van der Waals surface area contributed by atoms with Gasteiger partial charge >= 0.3 is 0 Å². The number of nitrogens with zero attached hydrogens (tertiary/aromatic N) is 5. The Labute approximate surface area is 143 Å². The van der Waals surface area contributed by atoms with Gasteiger partial charge in [0.05, 0.1) is 5.70 Å². The molecule has 0 spiro atoms. The number of hydrogen-bond acceptors (Lipinski definition) is 4. The van der Waals surface area contributed by atoms with Crippen LogP contribution in [0.1, 0.15) is 12.8 Å². The summed E-state index contributed by atoms with van der Waals surface area (Å²) in [5.74, 6) is 1.19. The van der Waals surface area contributed by atoms with Crippen LogP contribution >= 0.6 is 11.8 Å². The van der Waals surface area contributed by atoms with Crippen molar-refractivity contribution >= 4 is 29.3 Å². The Morgan fingerprint density at radius 1 is 1.29 bits per heavy atom. The van der Waals surface area contributed by atoms with Crippen LogP contribution in [0.4, 0.5) is 0 Å². The smallest absolute Gasteiger partial charge is 0.256 e. The summed E-state index contributed by atoms with van der Waals surface area (Å²) in [6.07, 6.45) is 14.8. The van der Waals surface area contributed by atoms with Crippen molar-refractivity contribution in [3.63, 3.8) is 0 Å². The minimum atomic E-state index is 0.533. The fourth-order valence-corrected chi connectivity index (χ4v) is 4.52. The molecule has 1 saturated carbocycles. The van der Waals surface area contributed by atoms with Crippen LogP contribution in [0.5, 0.6) is 0 Å². The van der Waals surface area contributed by atoms with E-state index in [9.17, 15) is 0 Å². The molecule has 3 heterocycles. The fourth-order valence-electron chi connectivity index (χ4n) is 3.28. The van der Waals surface area contributed by atoms with Crippen molar-refractivity contribution < 1.29 is 0 Å². The molecular weight excluding hydrogens is 318 g/mol. The molecule has 1 aliphatic heterocycles. The lowest BCUT2D eigenvalue weighted by Crippen LogP contribution is -2.22. The maximum atomic E-state index is 4.68. The van der Waals surface area contributed by atoms with Gasteiger partial charge in [-0.1, -0.05) is 24.3 Å². The molecule has 0 N–H and O–H groups in total. The van der Waals surface area contributed by atoms with Crippen LogP contribution in [0, 0.1) is 11.8 Å². The van der Waals surface area contributed by atoms with Crippen molar-refractivity contribution in [3.8, 4) is 0 Å². The molecule has 0 aromatic carbocycles. The average molecular weight is 335 g/mol. The van der Waals surface area contributed by atoms with Gasteiger partial charge in [0.2, 0.25) is 0 Å². The second-order valence-corrected chi connectivity index (χ2v) is 7.29. The summed E-state index contributed by atoms with van der Waals surface area (Å²) in [6.45, 7) is 0. The Kier molecular flexibility index (Phi) is 3.29. The first-order valence-corrected chi connectivity index (χ1v) is 9.19. The summed E-state index contributed by atoms with van der Waals surface area (Å²) in [4.78, 5) is 0. The van der Waals surface area contributed by atoms with Crippen molar-refractivity contribution in [2.24, 2.45) is 22.0 Å². The van der Waals surface area contributed by atoms with E-state index in [-0.39, 0.29) is 0 Å². The lowest BCUT2D eigenvalue weighted by molar-refractivity contribution is 0.802. The number of hydrogen-bond donors (Lipinski definition) is 0. The van der Waals surface area contributed by atoms with Gasteiger partial charge in [0, 0.05) is 23.6 Å². The van der Waals surface area contributed by atoms with Gasteiger partial charge in [-0.25, -0.2) is 0 Å². The summed E-state index contributed by atoms with van der Waals surface area (Å²) >= 11 is 1.90. The van der Waals surface area contributed by atoms with Crippen LogP contribution in [-0.4, -0.2) is 25.6 Å². The zero-order valence-electron chi connectivity index (χ0n) is 13.1. The Balaban J connectivity index is 1.56. The number of pyridine rings is 1. The van der Waals surface area contributed by atoms with E-state index in [4.69, 9.17) is 0 Å². The molecule has 3 unspecified atom stereocenters. The Bertz CT molecular complexity index is 975. The third-order valence-corrected chi connectivity index (χ3v) is 5.91. The van der Waals surface area contributed by atoms with Crippen molar-refractivity contribution in [2.45, 2.75) is 18.1 Å². The highest BCUT2D eigenvalue weighted by Gasteiger charge is 2.50. The highest BCUT2D eigenvalue weighted by atomic mass is 32.2. The van der Waals surface area contributed by atoms with E-state index < -0.39 is 0 Å². The van der Waals surface area contributed by atoms with Crippen LogP contribution in [0.2, 0.25) is 0 Å².